The first kappa shape index (κ1) is 19.0. The Labute approximate surface area is 140 Å². The Kier molecular flexibility index (Phi) is 8.51. The first-order valence-corrected chi connectivity index (χ1v) is 8.11. The minimum atomic E-state index is -0.0804. The van der Waals surface area contributed by atoms with Crippen LogP contribution in [0.4, 0.5) is 0 Å². The Hall–Kier alpha value is -1.06. The molecule has 0 radical (unpaired) electrons. The number of piperidine rings is 1. The van der Waals surface area contributed by atoms with Gasteiger partial charge in [0.2, 0.25) is 0 Å². The van der Waals surface area contributed by atoms with E-state index in [2.05, 4.69) is 30.9 Å². The highest BCUT2D eigenvalue weighted by atomic mass is 35.5. The van der Waals surface area contributed by atoms with Crippen LogP contribution in [-0.4, -0.2) is 30.6 Å². The lowest BCUT2D eigenvalue weighted by Gasteiger charge is -2.34. The smallest absolute Gasteiger partial charge is 0.307 e. The first-order chi connectivity index (χ1) is 10.2. The lowest BCUT2D eigenvalue weighted by molar-refractivity contribution is -0.146. The van der Waals surface area contributed by atoms with E-state index in [-0.39, 0.29) is 24.4 Å². The number of esters is 1. The minimum Gasteiger partial charge on any atom is -0.465 e. The third kappa shape index (κ3) is 5.98. The Morgan fingerprint density at radius 2 is 1.77 bits per heavy atom. The topological polar surface area (TPSA) is 29.5 Å². The van der Waals surface area contributed by atoms with Gasteiger partial charge in [0.15, 0.2) is 0 Å². The van der Waals surface area contributed by atoms with E-state index in [1.807, 2.05) is 18.2 Å². The maximum atomic E-state index is 12.1. The number of halogens is 1. The van der Waals surface area contributed by atoms with E-state index < -0.39 is 0 Å². The van der Waals surface area contributed by atoms with Gasteiger partial charge >= 0.3 is 5.97 Å². The summed E-state index contributed by atoms with van der Waals surface area (Å²) in [5.41, 5.74) is 1.22. The maximum absolute atomic E-state index is 12.1. The van der Waals surface area contributed by atoms with Gasteiger partial charge in [-0.15, -0.1) is 12.4 Å². The molecular formula is C18H28ClNO2. The van der Waals surface area contributed by atoms with Crippen LogP contribution in [0.3, 0.4) is 0 Å². The summed E-state index contributed by atoms with van der Waals surface area (Å²) in [5.74, 6) is 0.308. The maximum Gasteiger partial charge on any atom is 0.307 e. The van der Waals surface area contributed by atoms with Crippen LogP contribution in [0, 0.1) is 5.92 Å². The zero-order valence-electron chi connectivity index (χ0n) is 13.7. The molecule has 0 N–H and O–H groups in total. The fourth-order valence-corrected chi connectivity index (χ4v) is 2.84. The SMILES string of the molecule is CC(C)COC(=O)CC(c1ccccc1)N1CCCCC1.Cl. The van der Waals surface area contributed by atoms with Gasteiger partial charge in [0, 0.05) is 6.04 Å². The second-order valence-corrected chi connectivity index (χ2v) is 6.30. The summed E-state index contributed by atoms with van der Waals surface area (Å²) in [6.45, 7) is 6.80. The fraction of sp³-hybridized carbons (Fsp3) is 0.611. The molecule has 124 valence electrons. The quantitative estimate of drug-likeness (QED) is 0.733. The number of hydrogen-bond acceptors (Lipinski definition) is 3. The van der Waals surface area contributed by atoms with Crippen LogP contribution in [0.25, 0.3) is 0 Å². The Bertz CT molecular complexity index is 430. The molecule has 0 amide bonds. The normalized spacial score (nSPS) is 16.9. The predicted molar refractivity (Wildman–Crippen MR) is 92.3 cm³/mol. The molecule has 0 spiro atoms. The summed E-state index contributed by atoms with van der Waals surface area (Å²) in [4.78, 5) is 14.6. The van der Waals surface area contributed by atoms with Gasteiger partial charge in [-0.05, 0) is 37.4 Å². The second kappa shape index (κ2) is 9.86. The largest absolute Gasteiger partial charge is 0.465 e. The van der Waals surface area contributed by atoms with Crippen molar-refractivity contribution in [3.8, 4) is 0 Å². The Morgan fingerprint density at radius 3 is 2.36 bits per heavy atom. The van der Waals surface area contributed by atoms with Crippen molar-refractivity contribution >= 4 is 18.4 Å². The Balaban J connectivity index is 0.00000242. The van der Waals surface area contributed by atoms with Crippen molar-refractivity contribution in [2.75, 3.05) is 19.7 Å². The molecular weight excluding hydrogens is 298 g/mol. The summed E-state index contributed by atoms with van der Waals surface area (Å²) in [6, 6.07) is 10.5. The number of carbonyl (C=O) groups is 1. The van der Waals surface area contributed by atoms with Crippen molar-refractivity contribution in [1.29, 1.82) is 0 Å². The summed E-state index contributed by atoms with van der Waals surface area (Å²) in [7, 11) is 0. The molecule has 1 heterocycles. The van der Waals surface area contributed by atoms with Gasteiger partial charge in [-0.1, -0.05) is 50.6 Å². The van der Waals surface area contributed by atoms with Gasteiger partial charge in [0.25, 0.3) is 0 Å². The van der Waals surface area contributed by atoms with Crippen LogP contribution in [0.5, 0.6) is 0 Å². The van der Waals surface area contributed by atoms with Gasteiger partial charge < -0.3 is 4.74 Å². The number of likely N-dealkylation sites (tertiary alicyclic amines) is 1. The minimum absolute atomic E-state index is 0. The molecule has 1 aliphatic heterocycles. The molecule has 1 aliphatic rings. The predicted octanol–water partition coefficient (Wildman–Crippen LogP) is 4.22. The molecule has 1 aromatic rings. The van der Waals surface area contributed by atoms with Crippen LogP contribution in [0.2, 0.25) is 0 Å². The van der Waals surface area contributed by atoms with E-state index in [4.69, 9.17) is 4.74 Å². The van der Waals surface area contributed by atoms with Gasteiger partial charge in [0.05, 0.1) is 13.0 Å². The van der Waals surface area contributed by atoms with E-state index >= 15 is 0 Å². The highest BCUT2D eigenvalue weighted by Crippen LogP contribution is 2.27. The lowest BCUT2D eigenvalue weighted by atomic mass is 9.99. The van der Waals surface area contributed by atoms with Crippen molar-refractivity contribution in [1.82, 2.24) is 4.90 Å². The molecule has 0 aliphatic carbocycles. The summed E-state index contributed by atoms with van der Waals surface area (Å²) in [6.07, 6.45) is 4.21. The van der Waals surface area contributed by atoms with Crippen LogP contribution in [0.15, 0.2) is 30.3 Å². The van der Waals surface area contributed by atoms with Crippen molar-refractivity contribution in [3.05, 3.63) is 35.9 Å². The molecule has 0 bridgehead atoms. The molecule has 2 rings (SSSR count). The van der Waals surface area contributed by atoms with Crippen molar-refractivity contribution in [3.63, 3.8) is 0 Å². The molecule has 1 fully saturated rings. The fourth-order valence-electron chi connectivity index (χ4n) is 2.84. The first-order valence-electron chi connectivity index (χ1n) is 8.11. The number of nitrogens with zero attached hydrogens (tertiary/aromatic N) is 1. The second-order valence-electron chi connectivity index (χ2n) is 6.30. The van der Waals surface area contributed by atoms with Crippen LogP contribution < -0.4 is 0 Å². The summed E-state index contributed by atoms with van der Waals surface area (Å²) >= 11 is 0. The van der Waals surface area contributed by atoms with Gasteiger partial charge in [-0.2, -0.15) is 0 Å². The number of rotatable bonds is 6. The zero-order chi connectivity index (χ0) is 15.1. The highest BCUT2D eigenvalue weighted by molar-refractivity contribution is 5.85. The molecule has 1 atom stereocenters. The van der Waals surface area contributed by atoms with E-state index in [0.29, 0.717) is 18.9 Å². The zero-order valence-corrected chi connectivity index (χ0v) is 14.5. The van der Waals surface area contributed by atoms with Crippen molar-refractivity contribution in [2.24, 2.45) is 5.92 Å². The van der Waals surface area contributed by atoms with E-state index in [1.54, 1.807) is 0 Å². The van der Waals surface area contributed by atoms with E-state index in [0.717, 1.165) is 13.1 Å². The van der Waals surface area contributed by atoms with Crippen LogP contribution in [0.1, 0.15) is 51.1 Å². The molecule has 1 aromatic carbocycles. The third-order valence-corrected chi connectivity index (χ3v) is 3.95. The summed E-state index contributed by atoms with van der Waals surface area (Å²) < 4.78 is 5.38. The van der Waals surface area contributed by atoms with E-state index in [1.165, 1.54) is 24.8 Å². The number of carbonyl (C=O) groups excluding carboxylic acids is 1. The standard InChI is InChI=1S/C18H27NO2.ClH/c1-15(2)14-21-18(20)13-17(16-9-5-3-6-10-16)19-11-7-4-8-12-19;/h3,5-6,9-10,15,17H,4,7-8,11-14H2,1-2H3;1H. The van der Waals surface area contributed by atoms with Gasteiger partial charge in [0.1, 0.15) is 0 Å². The highest BCUT2D eigenvalue weighted by Gasteiger charge is 2.25. The molecule has 0 saturated carbocycles. The average molecular weight is 326 g/mol. The Morgan fingerprint density at radius 1 is 1.14 bits per heavy atom. The third-order valence-electron chi connectivity index (χ3n) is 3.95. The number of benzene rings is 1. The average Bonchev–Trinajstić information content (AvgIpc) is 2.52. The monoisotopic (exact) mass is 325 g/mol. The van der Waals surface area contributed by atoms with Crippen LogP contribution in [-0.2, 0) is 9.53 Å². The number of hydrogen-bond donors (Lipinski definition) is 0. The molecule has 22 heavy (non-hydrogen) atoms. The van der Waals surface area contributed by atoms with Gasteiger partial charge in [-0.25, -0.2) is 0 Å². The molecule has 3 nitrogen and oxygen atoms in total. The van der Waals surface area contributed by atoms with Gasteiger partial charge in [-0.3, -0.25) is 9.69 Å². The molecule has 0 aromatic heterocycles. The van der Waals surface area contributed by atoms with Crippen molar-refractivity contribution in [2.45, 2.75) is 45.6 Å². The number of ether oxygens (including phenoxy) is 1. The summed E-state index contributed by atoms with van der Waals surface area (Å²) in [5, 5.41) is 0. The lowest BCUT2D eigenvalue weighted by Crippen LogP contribution is -2.35. The molecule has 1 saturated heterocycles. The molecule has 4 heteroatoms. The molecule has 1 unspecified atom stereocenters. The van der Waals surface area contributed by atoms with E-state index in [9.17, 15) is 4.79 Å². The van der Waals surface area contributed by atoms with Crippen molar-refractivity contribution < 1.29 is 9.53 Å². The van der Waals surface area contributed by atoms with Crippen LogP contribution >= 0.6 is 12.4 Å².